The summed E-state index contributed by atoms with van der Waals surface area (Å²) in [5, 5.41) is 0. The Kier molecular flexibility index (Phi) is 5.90. The Bertz CT molecular complexity index is 553. The summed E-state index contributed by atoms with van der Waals surface area (Å²) >= 11 is 1.69. The van der Waals surface area contributed by atoms with Crippen molar-refractivity contribution in [2.45, 2.75) is 18.0 Å². The Morgan fingerprint density at radius 1 is 0.909 bits per heavy atom. The normalized spacial score (nSPS) is 15.8. The first-order chi connectivity index (χ1) is 10.9. The standard InChI is InChI=1S/C18H22N2OS/c1-2-4-16(5-3-1)14-19-22-18-8-6-17(7-9-18)15-20-10-12-21-13-11-20/h1-9,19H,10-15H2. The van der Waals surface area contributed by atoms with Gasteiger partial charge >= 0.3 is 0 Å². The van der Waals surface area contributed by atoms with Crippen LogP contribution in [0.25, 0.3) is 0 Å². The van der Waals surface area contributed by atoms with Crippen LogP contribution in [0.3, 0.4) is 0 Å². The van der Waals surface area contributed by atoms with Gasteiger partial charge in [0.1, 0.15) is 0 Å². The molecular weight excluding hydrogens is 292 g/mol. The summed E-state index contributed by atoms with van der Waals surface area (Å²) in [4.78, 5) is 3.70. The Labute approximate surface area is 136 Å². The van der Waals surface area contributed by atoms with Crippen LogP contribution in [0, 0.1) is 0 Å². The average molecular weight is 314 g/mol. The molecule has 2 aromatic carbocycles. The fraction of sp³-hybridized carbons (Fsp3) is 0.333. The third kappa shape index (κ3) is 4.85. The van der Waals surface area contributed by atoms with Gasteiger partial charge in [-0.1, -0.05) is 42.5 Å². The molecule has 1 N–H and O–H groups in total. The highest BCUT2D eigenvalue weighted by atomic mass is 32.2. The van der Waals surface area contributed by atoms with E-state index in [-0.39, 0.29) is 0 Å². The van der Waals surface area contributed by atoms with Crippen LogP contribution in [0.5, 0.6) is 0 Å². The van der Waals surface area contributed by atoms with Crippen molar-refractivity contribution in [1.29, 1.82) is 0 Å². The van der Waals surface area contributed by atoms with Crippen molar-refractivity contribution >= 4 is 11.9 Å². The molecule has 0 spiro atoms. The minimum atomic E-state index is 0.858. The number of hydrogen-bond acceptors (Lipinski definition) is 4. The van der Waals surface area contributed by atoms with Gasteiger partial charge in [0, 0.05) is 31.1 Å². The summed E-state index contributed by atoms with van der Waals surface area (Å²) in [5.41, 5.74) is 2.67. The first-order valence-corrected chi connectivity index (χ1v) is 8.54. The van der Waals surface area contributed by atoms with E-state index in [1.807, 2.05) is 6.07 Å². The zero-order valence-electron chi connectivity index (χ0n) is 12.7. The second kappa shape index (κ2) is 8.34. The van der Waals surface area contributed by atoms with Crippen LogP contribution in [-0.4, -0.2) is 31.2 Å². The van der Waals surface area contributed by atoms with Crippen molar-refractivity contribution in [2.24, 2.45) is 0 Å². The Balaban J connectivity index is 1.44. The summed E-state index contributed by atoms with van der Waals surface area (Å²) in [6.45, 7) is 5.69. The van der Waals surface area contributed by atoms with E-state index >= 15 is 0 Å². The van der Waals surface area contributed by atoms with Gasteiger partial charge in [0.2, 0.25) is 0 Å². The molecule has 4 heteroatoms. The average Bonchev–Trinajstić information content (AvgIpc) is 2.58. The third-order valence-electron chi connectivity index (χ3n) is 3.74. The maximum absolute atomic E-state index is 5.38. The summed E-state index contributed by atoms with van der Waals surface area (Å²) in [7, 11) is 0. The molecular formula is C18H22N2OS. The molecule has 22 heavy (non-hydrogen) atoms. The van der Waals surface area contributed by atoms with E-state index < -0.39 is 0 Å². The van der Waals surface area contributed by atoms with Gasteiger partial charge in [0.05, 0.1) is 13.2 Å². The molecule has 0 aliphatic carbocycles. The lowest BCUT2D eigenvalue weighted by molar-refractivity contribution is 0.0342. The van der Waals surface area contributed by atoms with Crippen molar-refractivity contribution in [3.05, 3.63) is 65.7 Å². The van der Waals surface area contributed by atoms with E-state index in [9.17, 15) is 0 Å². The smallest absolute Gasteiger partial charge is 0.0594 e. The predicted molar refractivity (Wildman–Crippen MR) is 91.7 cm³/mol. The Hall–Kier alpha value is -1.33. The van der Waals surface area contributed by atoms with E-state index in [0.717, 1.165) is 39.4 Å². The van der Waals surface area contributed by atoms with E-state index in [2.05, 4.69) is 58.2 Å². The molecule has 1 heterocycles. The maximum Gasteiger partial charge on any atom is 0.0594 e. The lowest BCUT2D eigenvalue weighted by Gasteiger charge is -2.26. The van der Waals surface area contributed by atoms with Crippen molar-refractivity contribution in [3.8, 4) is 0 Å². The van der Waals surface area contributed by atoms with Gasteiger partial charge in [-0.15, -0.1) is 0 Å². The van der Waals surface area contributed by atoms with E-state index in [0.29, 0.717) is 0 Å². The maximum atomic E-state index is 5.38. The van der Waals surface area contributed by atoms with Crippen LogP contribution in [0.1, 0.15) is 11.1 Å². The summed E-state index contributed by atoms with van der Waals surface area (Å²) in [5.74, 6) is 0. The van der Waals surface area contributed by atoms with Crippen LogP contribution < -0.4 is 4.72 Å². The largest absolute Gasteiger partial charge is 0.379 e. The Morgan fingerprint density at radius 2 is 1.64 bits per heavy atom. The minimum absolute atomic E-state index is 0.858. The van der Waals surface area contributed by atoms with Gasteiger partial charge in [-0.05, 0) is 35.2 Å². The second-order valence-electron chi connectivity index (χ2n) is 5.44. The van der Waals surface area contributed by atoms with Crippen LogP contribution >= 0.6 is 11.9 Å². The molecule has 1 aliphatic rings. The second-order valence-corrected chi connectivity index (χ2v) is 6.41. The molecule has 0 unspecified atom stereocenters. The van der Waals surface area contributed by atoms with Crippen molar-refractivity contribution in [2.75, 3.05) is 26.3 Å². The fourth-order valence-electron chi connectivity index (χ4n) is 2.48. The molecule has 0 saturated carbocycles. The highest BCUT2D eigenvalue weighted by Gasteiger charge is 2.10. The molecule has 0 amide bonds. The van der Waals surface area contributed by atoms with E-state index in [4.69, 9.17) is 4.74 Å². The summed E-state index contributed by atoms with van der Waals surface area (Å²) in [6.07, 6.45) is 0. The third-order valence-corrected chi connectivity index (χ3v) is 4.54. The first kappa shape index (κ1) is 15.6. The SMILES string of the molecule is c1ccc(CNSc2ccc(CN3CCOCC3)cc2)cc1. The highest BCUT2D eigenvalue weighted by Crippen LogP contribution is 2.17. The van der Waals surface area contributed by atoms with Crippen LogP contribution in [0.15, 0.2) is 59.5 Å². The molecule has 3 rings (SSSR count). The zero-order valence-corrected chi connectivity index (χ0v) is 13.5. The van der Waals surface area contributed by atoms with Crippen LogP contribution in [0.2, 0.25) is 0 Å². The van der Waals surface area contributed by atoms with Crippen molar-refractivity contribution in [1.82, 2.24) is 9.62 Å². The van der Waals surface area contributed by atoms with Gasteiger partial charge < -0.3 is 4.74 Å². The van der Waals surface area contributed by atoms with Crippen molar-refractivity contribution in [3.63, 3.8) is 0 Å². The summed E-state index contributed by atoms with van der Waals surface area (Å²) in [6, 6.07) is 19.3. The minimum Gasteiger partial charge on any atom is -0.379 e. The predicted octanol–water partition coefficient (Wildman–Crippen LogP) is 3.32. The zero-order chi connectivity index (χ0) is 15.0. The molecule has 1 aliphatic heterocycles. The number of nitrogens with one attached hydrogen (secondary N) is 1. The quantitative estimate of drug-likeness (QED) is 0.827. The van der Waals surface area contributed by atoms with E-state index in [1.165, 1.54) is 16.0 Å². The van der Waals surface area contributed by atoms with Gasteiger partial charge in [-0.3, -0.25) is 9.62 Å². The monoisotopic (exact) mass is 314 g/mol. The topological polar surface area (TPSA) is 24.5 Å². The van der Waals surface area contributed by atoms with Gasteiger partial charge in [0.25, 0.3) is 0 Å². The van der Waals surface area contributed by atoms with Crippen LogP contribution in [-0.2, 0) is 17.8 Å². The van der Waals surface area contributed by atoms with Crippen LogP contribution in [0.4, 0.5) is 0 Å². The molecule has 0 bridgehead atoms. The molecule has 0 aromatic heterocycles. The molecule has 1 saturated heterocycles. The fourth-order valence-corrected chi connectivity index (χ4v) is 3.16. The van der Waals surface area contributed by atoms with Gasteiger partial charge in [-0.25, -0.2) is 0 Å². The molecule has 0 radical (unpaired) electrons. The molecule has 116 valence electrons. The molecule has 3 nitrogen and oxygen atoms in total. The molecule has 2 aromatic rings. The number of ether oxygens (including phenoxy) is 1. The summed E-state index contributed by atoms with van der Waals surface area (Å²) < 4.78 is 8.79. The van der Waals surface area contributed by atoms with Gasteiger partial charge in [0.15, 0.2) is 0 Å². The Morgan fingerprint density at radius 3 is 2.36 bits per heavy atom. The number of hydrogen-bond donors (Lipinski definition) is 1. The lowest BCUT2D eigenvalue weighted by atomic mass is 10.2. The molecule has 1 fully saturated rings. The number of rotatable bonds is 6. The number of benzene rings is 2. The first-order valence-electron chi connectivity index (χ1n) is 7.73. The van der Waals surface area contributed by atoms with Crippen molar-refractivity contribution < 1.29 is 4.74 Å². The lowest BCUT2D eigenvalue weighted by Crippen LogP contribution is -2.35. The van der Waals surface area contributed by atoms with Gasteiger partial charge in [-0.2, -0.15) is 0 Å². The number of nitrogens with zero attached hydrogens (tertiary/aromatic N) is 1. The van der Waals surface area contributed by atoms with E-state index in [1.54, 1.807) is 11.9 Å². The number of morpholine rings is 1. The highest BCUT2D eigenvalue weighted by molar-refractivity contribution is 7.97. The molecule has 0 atom stereocenters.